The number of piperidine rings is 2. The lowest BCUT2D eigenvalue weighted by Crippen LogP contribution is -2.49. The molecule has 7 heteroatoms. The summed E-state index contributed by atoms with van der Waals surface area (Å²) >= 11 is 0. The first-order valence-corrected chi connectivity index (χ1v) is 13.1. The summed E-state index contributed by atoms with van der Waals surface area (Å²) in [4.78, 5) is 42.0. The van der Waals surface area contributed by atoms with E-state index in [1.165, 1.54) is 12.8 Å². The highest BCUT2D eigenvalue weighted by atomic mass is 16.5. The van der Waals surface area contributed by atoms with Gasteiger partial charge in [0.25, 0.3) is 0 Å². The van der Waals surface area contributed by atoms with E-state index in [4.69, 9.17) is 4.74 Å². The Morgan fingerprint density at radius 1 is 0.941 bits per heavy atom. The smallest absolute Gasteiger partial charge is 0.225 e. The number of hydrogen-bond donors (Lipinski definition) is 1. The predicted octanol–water partition coefficient (Wildman–Crippen LogP) is 3.63. The number of nitrogens with zero attached hydrogens (tertiary/aromatic N) is 2. The van der Waals surface area contributed by atoms with Crippen molar-refractivity contribution in [1.29, 1.82) is 0 Å². The van der Waals surface area contributed by atoms with Gasteiger partial charge in [-0.05, 0) is 44.2 Å². The molecule has 1 aromatic rings. The van der Waals surface area contributed by atoms with Gasteiger partial charge in [0.2, 0.25) is 17.7 Å². The van der Waals surface area contributed by atoms with E-state index >= 15 is 0 Å². The summed E-state index contributed by atoms with van der Waals surface area (Å²) in [7, 11) is 0. The molecule has 1 N–H and O–H groups in total. The maximum absolute atomic E-state index is 13.1. The van der Waals surface area contributed by atoms with Crippen molar-refractivity contribution in [3.05, 3.63) is 30.3 Å². The molecule has 34 heavy (non-hydrogen) atoms. The van der Waals surface area contributed by atoms with Crippen molar-refractivity contribution < 1.29 is 19.1 Å². The molecule has 0 aromatic heterocycles. The van der Waals surface area contributed by atoms with Crippen LogP contribution in [0.25, 0.3) is 0 Å². The summed E-state index contributed by atoms with van der Waals surface area (Å²) in [6, 6.07) is 9.50. The zero-order valence-corrected chi connectivity index (χ0v) is 20.7. The Balaban J connectivity index is 1.36. The average molecular weight is 472 g/mol. The van der Waals surface area contributed by atoms with Gasteiger partial charge in [0.1, 0.15) is 5.75 Å². The lowest BCUT2D eigenvalue weighted by molar-refractivity contribution is -0.143. The number of nitrogens with one attached hydrogen (secondary N) is 1. The zero-order valence-electron chi connectivity index (χ0n) is 20.7. The minimum Gasteiger partial charge on any atom is -0.493 e. The molecule has 2 fully saturated rings. The molecule has 1 atom stereocenters. The minimum atomic E-state index is -0.102. The molecule has 0 radical (unpaired) electrons. The van der Waals surface area contributed by atoms with Crippen molar-refractivity contribution in [2.45, 2.75) is 64.7 Å². The molecule has 3 amide bonds. The highest BCUT2D eigenvalue weighted by Crippen LogP contribution is 2.24. The Morgan fingerprint density at radius 3 is 2.44 bits per heavy atom. The van der Waals surface area contributed by atoms with Gasteiger partial charge in [-0.2, -0.15) is 0 Å². The summed E-state index contributed by atoms with van der Waals surface area (Å²) < 4.78 is 5.64. The number of para-hydroxylation sites is 1. The first-order valence-electron chi connectivity index (χ1n) is 13.1. The molecular formula is C27H41N3O4. The van der Waals surface area contributed by atoms with Gasteiger partial charge in [0.15, 0.2) is 0 Å². The number of carbonyl (C=O) groups is 3. The predicted molar refractivity (Wildman–Crippen MR) is 132 cm³/mol. The molecule has 188 valence electrons. The number of amides is 3. The Bertz CT molecular complexity index is 777. The fourth-order valence-corrected chi connectivity index (χ4v) is 4.86. The molecule has 2 heterocycles. The highest BCUT2D eigenvalue weighted by molar-refractivity contribution is 5.83. The summed E-state index contributed by atoms with van der Waals surface area (Å²) in [6.07, 6.45) is 7.99. The van der Waals surface area contributed by atoms with Crippen LogP contribution in [-0.4, -0.2) is 66.9 Å². The fraction of sp³-hybridized carbons (Fsp3) is 0.667. The number of unbranched alkanes of at least 4 members (excludes halogenated alkanes) is 3. The number of likely N-dealkylation sites (tertiary alicyclic amines) is 2. The minimum absolute atomic E-state index is 0.0551. The Morgan fingerprint density at radius 2 is 1.71 bits per heavy atom. The maximum atomic E-state index is 13.1. The monoisotopic (exact) mass is 471 g/mol. The van der Waals surface area contributed by atoms with Gasteiger partial charge >= 0.3 is 0 Å². The van der Waals surface area contributed by atoms with E-state index in [0.29, 0.717) is 45.5 Å². The molecule has 2 aliphatic heterocycles. The van der Waals surface area contributed by atoms with Gasteiger partial charge < -0.3 is 19.9 Å². The van der Waals surface area contributed by atoms with Crippen LogP contribution in [0.3, 0.4) is 0 Å². The average Bonchev–Trinajstić information content (AvgIpc) is 2.88. The summed E-state index contributed by atoms with van der Waals surface area (Å²) in [5.41, 5.74) is 0. The molecule has 0 bridgehead atoms. The second kappa shape index (κ2) is 14.0. The third-order valence-electron chi connectivity index (χ3n) is 6.96. The molecule has 0 aliphatic carbocycles. The van der Waals surface area contributed by atoms with E-state index in [1.54, 1.807) is 0 Å². The fourth-order valence-electron chi connectivity index (χ4n) is 4.86. The lowest BCUT2D eigenvalue weighted by atomic mass is 9.91. The lowest BCUT2D eigenvalue weighted by Gasteiger charge is -2.37. The highest BCUT2D eigenvalue weighted by Gasteiger charge is 2.34. The Labute approximate surface area is 204 Å². The van der Waals surface area contributed by atoms with E-state index in [-0.39, 0.29) is 29.6 Å². The van der Waals surface area contributed by atoms with E-state index in [2.05, 4.69) is 12.2 Å². The number of carbonyl (C=O) groups excluding carboxylic acids is 3. The van der Waals surface area contributed by atoms with Crippen molar-refractivity contribution in [1.82, 2.24) is 15.1 Å². The largest absolute Gasteiger partial charge is 0.493 e. The van der Waals surface area contributed by atoms with E-state index < -0.39 is 0 Å². The second-order valence-corrected chi connectivity index (χ2v) is 9.54. The molecule has 0 spiro atoms. The first kappa shape index (κ1) is 26.0. The number of ether oxygens (including phenoxy) is 1. The van der Waals surface area contributed by atoms with Crippen LogP contribution in [0.5, 0.6) is 5.75 Å². The van der Waals surface area contributed by atoms with Crippen LogP contribution in [-0.2, 0) is 14.4 Å². The molecular weight excluding hydrogens is 430 g/mol. The van der Waals surface area contributed by atoms with Crippen molar-refractivity contribution in [3.63, 3.8) is 0 Å². The van der Waals surface area contributed by atoms with Crippen LogP contribution in [0.4, 0.5) is 0 Å². The molecule has 1 unspecified atom stereocenters. The standard InChI is InChI=1S/C27H41N3O4/c1-2-3-4-8-16-28-26(32)23-10-9-17-30(21-23)27(33)22-13-18-29(19-14-22)25(31)15-20-34-24-11-6-5-7-12-24/h5-7,11-12,22-23H,2-4,8-10,13-21H2,1H3,(H,28,32). The molecule has 7 nitrogen and oxygen atoms in total. The SMILES string of the molecule is CCCCCCNC(=O)C1CCCN(C(=O)C2CCN(C(=O)CCOc3ccccc3)CC2)C1. The summed E-state index contributed by atoms with van der Waals surface area (Å²) in [5.74, 6) is 0.933. The van der Waals surface area contributed by atoms with Gasteiger partial charge in [0.05, 0.1) is 18.9 Å². The van der Waals surface area contributed by atoms with Crippen molar-refractivity contribution >= 4 is 17.7 Å². The topological polar surface area (TPSA) is 79.0 Å². The van der Waals surface area contributed by atoms with Crippen LogP contribution in [0, 0.1) is 11.8 Å². The van der Waals surface area contributed by atoms with Crippen LogP contribution < -0.4 is 10.1 Å². The van der Waals surface area contributed by atoms with Gasteiger partial charge in [-0.1, -0.05) is 44.4 Å². The second-order valence-electron chi connectivity index (χ2n) is 9.54. The van der Waals surface area contributed by atoms with Gasteiger partial charge in [-0.3, -0.25) is 14.4 Å². The number of hydrogen-bond acceptors (Lipinski definition) is 4. The molecule has 3 rings (SSSR count). The van der Waals surface area contributed by atoms with Crippen molar-refractivity contribution in [2.75, 3.05) is 39.3 Å². The van der Waals surface area contributed by atoms with E-state index in [9.17, 15) is 14.4 Å². The van der Waals surface area contributed by atoms with E-state index in [0.717, 1.165) is 44.5 Å². The van der Waals surface area contributed by atoms with Gasteiger partial charge in [-0.25, -0.2) is 0 Å². The Kier molecular flexibility index (Phi) is 10.7. The number of benzene rings is 1. The zero-order chi connectivity index (χ0) is 24.2. The summed E-state index contributed by atoms with van der Waals surface area (Å²) in [6.45, 7) is 5.73. The van der Waals surface area contributed by atoms with Crippen molar-refractivity contribution in [2.24, 2.45) is 11.8 Å². The quantitative estimate of drug-likeness (QED) is 0.500. The van der Waals surface area contributed by atoms with Crippen molar-refractivity contribution in [3.8, 4) is 5.75 Å². The van der Waals surface area contributed by atoms with Crippen LogP contribution in [0.15, 0.2) is 30.3 Å². The van der Waals surface area contributed by atoms with E-state index in [1.807, 2.05) is 40.1 Å². The van der Waals surface area contributed by atoms with Crippen LogP contribution in [0.2, 0.25) is 0 Å². The normalized spacial score (nSPS) is 19.0. The third kappa shape index (κ3) is 8.03. The number of rotatable bonds is 11. The molecule has 2 saturated heterocycles. The van der Waals surface area contributed by atoms with Gasteiger partial charge in [-0.15, -0.1) is 0 Å². The maximum Gasteiger partial charge on any atom is 0.225 e. The first-order chi connectivity index (χ1) is 16.6. The molecule has 2 aliphatic rings. The van der Waals surface area contributed by atoms with Crippen LogP contribution in [0.1, 0.15) is 64.7 Å². The van der Waals surface area contributed by atoms with Gasteiger partial charge in [0, 0.05) is 38.6 Å². The third-order valence-corrected chi connectivity index (χ3v) is 6.96. The summed E-state index contributed by atoms with van der Waals surface area (Å²) in [5, 5.41) is 3.06. The Hall–Kier alpha value is -2.57. The molecule has 1 aromatic carbocycles. The van der Waals surface area contributed by atoms with Crippen LogP contribution >= 0.6 is 0 Å². The molecule has 0 saturated carbocycles.